The van der Waals surface area contributed by atoms with Gasteiger partial charge in [-0.05, 0) is 12.8 Å². The minimum absolute atomic E-state index is 0. The van der Waals surface area contributed by atoms with Gasteiger partial charge in [-0.2, -0.15) is 0 Å². The molecule has 3 fully saturated rings. The number of guanidine groups is 1. The summed E-state index contributed by atoms with van der Waals surface area (Å²) in [6.07, 6.45) is 2.29. The Bertz CT molecular complexity index is 457. The van der Waals surface area contributed by atoms with Crippen LogP contribution in [0.5, 0.6) is 0 Å². The van der Waals surface area contributed by atoms with Crippen molar-refractivity contribution in [3.05, 3.63) is 0 Å². The van der Waals surface area contributed by atoms with Gasteiger partial charge in [-0.1, -0.05) is 6.92 Å². The van der Waals surface area contributed by atoms with Gasteiger partial charge in [-0.3, -0.25) is 14.7 Å². The summed E-state index contributed by atoms with van der Waals surface area (Å²) in [7, 11) is 1.83. The number of hydrogen-bond acceptors (Lipinski definition) is 4. The number of nitrogens with zero attached hydrogens (tertiary/aromatic N) is 3. The first-order chi connectivity index (χ1) is 11.1. The molecular weight excluding hydrogens is 421 g/mol. The molecule has 7 nitrogen and oxygen atoms in total. The quantitative estimate of drug-likeness (QED) is 0.353. The monoisotopic (exact) mass is 451 g/mol. The molecule has 0 aromatic rings. The molecule has 2 saturated heterocycles. The van der Waals surface area contributed by atoms with Crippen LogP contribution < -0.4 is 10.6 Å². The van der Waals surface area contributed by atoms with Crippen molar-refractivity contribution in [3.8, 4) is 0 Å². The highest BCUT2D eigenvalue weighted by Crippen LogP contribution is 2.25. The van der Waals surface area contributed by atoms with E-state index in [1.807, 2.05) is 7.05 Å². The van der Waals surface area contributed by atoms with Gasteiger partial charge in [0.05, 0.1) is 19.8 Å². The summed E-state index contributed by atoms with van der Waals surface area (Å²) in [5.74, 6) is 1.13. The molecule has 1 aliphatic carbocycles. The molecule has 0 radical (unpaired) electrons. The maximum absolute atomic E-state index is 11.9. The molecule has 0 aromatic heterocycles. The van der Waals surface area contributed by atoms with E-state index in [0.29, 0.717) is 12.6 Å². The summed E-state index contributed by atoms with van der Waals surface area (Å²) in [6, 6.07) is 0.448. The van der Waals surface area contributed by atoms with Gasteiger partial charge in [-0.25, -0.2) is 0 Å². The Morgan fingerprint density at radius 3 is 2.42 bits per heavy atom. The minimum Gasteiger partial charge on any atom is -0.380 e. The van der Waals surface area contributed by atoms with Crippen molar-refractivity contribution in [3.63, 3.8) is 0 Å². The Morgan fingerprint density at radius 1 is 1.25 bits per heavy atom. The predicted molar refractivity (Wildman–Crippen MR) is 105 cm³/mol. The molecule has 0 unspecified atom stereocenters. The van der Waals surface area contributed by atoms with Crippen molar-refractivity contribution in [2.45, 2.75) is 25.8 Å². The molecule has 24 heavy (non-hydrogen) atoms. The first-order valence-corrected chi connectivity index (χ1v) is 8.63. The highest BCUT2D eigenvalue weighted by atomic mass is 127. The number of halogens is 1. The van der Waals surface area contributed by atoms with Crippen LogP contribution in [0.25, 0.3) is 0 Å². The lowest BCUT2D eigenvalue weighted by atomic mass is 9.89. The smallest absolute Gasteiger partial charge is 0.234 e. The summed E-state index contributed by atoms with van der Waals surface area (Å²) in [5, 5.41) is 6.52. The summed E-state index contributed by atoms with van der Waals surface area (Å²) in [6.45, 7) is 8.90. The van der Waals surface area contributed by atoms with Crippen molar-refractivity contribution in [2.24, 2.45) is 10.4 Å². The van der Waals surface area contributed by atoms with E-state index in [1.165, 1.54) is 0 Å². The first-order valence-electron chi connectivity index (χ1n) is 8.63. The predicted octanol–water partition coefficient (Wildman–Crippen LogP) is 0.113. The SMILES string of the molecule is CN=C(NCC1(C)COC1)N1CCN(CC(=O)NC2CC2)CC1.I. The van der Waals surface area contributed by atoms with Gasteiger partial charge in [0.15, 0.2) is 5.96 Å². The van der Waals surface area contributed by atoms with Crippen LogP contribution in [0.4, 0.5) is 0 Å². The fourth-order valence-electron chi connectivity index (χ4n) is 3.00. The maximum atomic E-state index is 11.9. The molecule has 3 rings (SSSR count). The lowest BCUT2D eigenvalue weighted by Crippen LogP contribution is -2.56. The zero-order valence-corrected chi connectivity index (χ0v) is 17.0. The van der Waals surface area contributed by atoms with Crippen molar-refractivity contribution < 1.29 is 9.53 Å². The van der Waals surface area contributed by atoms with Crippen LogP contribution in [-0.2, 0) is 9.53 Å². The third-order valence-corrected chi connectivity index (χ3v) is 4.77. The Kier molecular flexibility index (Phi) is 7.11. The largest absolute Gasteiger partial charge is 0.380 e. The topological polar surface area (TPSA) is 69.2 Å². The number of hydrogen-bond donors (Lipinski definition) is 2. The number of nitrogens with one attached hydrogen (secondary N) is 2. The molecule has 2 aliphatic heterocycles. The second-order valence-electron chi connectivity index (χ2n) is 7.31. The summed E-state index contributed by atoms with van der Waals surface area (Å²) < 4.78 is 5.29. The van der Waals surface area contributed by atoms with E-state index in [9.17, 15) is 4.79 Å². The number of piperazine rings is 1. The maximum Gasteiger partial charge on any atom is 0.234 e. The van der Waals surface area contributed by atoms with Crippen LogP contribution in [-0.4, -0.2) is 87.2 Å². The molecule has 0 spiro atoms. The van der Waals surface area contributed by atoms with Gasteiger partial charge in [0, 0.05) is 51.2 Å². The molecule has 0 aromatic carbocycles. The Morgan fingerprint density at radius 2 is 1.92 bits per heavy atom. The molecule has 2 heterocycles. The van der Waals surface area contributed by atoms with Gasteiger partial charge in [0.1, 0.15) is 0 Å². The lowest BCUT2D eigenvalue weighted by molar-refractivity contribution is -0.122. The van der Waals surface area contributed by atoms with E-state index in [-0.39, 0.29) is 35.3 Å². The highest BCUT2D eigenvalue weighted by molar-refractivity contribution is 14.0. The molecule has 1 saturated carbocycles. The molecule has 2 N–H and O–H groups in total. The molecule has 8 heteroatoms. The van der Waals surface area contributed by atoms with Crippen LogP contribution in [0, 0.1) is 5.41 Å². The van der Waals surface area contributed by atoms with Crippen molar-refractivity contribution in [2.75, 3.05) is 59.5 Å². The Labute approximate surface area is 161 Å². The molecule has 3 aliphatic rings. The third kappa shape index (κ3) is 5.45. The van der Waals surface area contributed by atoms with Crippen molar-refractivity contribution in [1.82, 2.24) is 20.4 Å². The summed E-state index contributed by atoms with van der Waals surface area (Å²) in [5.41, 5.74) is 0.235. The van der Waals surface area contributed by atoms with E-state index >= 15 is 0 Å². The fraction of sp³-hybridized carbons (Fsp3) is 0.875. The number of carbonyl (C=O) groups excluding carboxylic acids is 1. The average Bonchev–Trinajstić information content (AvgIpc) is 3.31. The lowest BCUT2D eigenvalue weighted by Gasteiger charge is -2.40. The van der Waals surface area contributed by atoms with Gasteiger partial charge in [0.25, 0.3) is 0 Å². The zero-order chi connectivity index (χ0) is 16.3. The molecular formula is C16H30IN5O2. The van der Waals surface area contributed by atoms with Crippen molar-refractivity contribution >= 4 is 35.8 Å². The van der Waals surface area contributed by atoms with Gasteiger partial charge in [-0.15, -0.1) is 24.0 Å². The van der Waals surface area contributed by atoms with Crippen LogP contribution in [0.3, 0.4) is 0 Å². The van der Waals surface area contributed by atoms with E-state index in [4.69, 9.17) is 4.74 Å². The van der Waals surface area contributed by atoms with Crippen LogP contribution in [0.15, 0.2) is 4.99 Å². The summed E-state index contributed by atoms with van der Waals surface area (Å²) >= 11 is 0. The van der Waals surface area contributed by atoms with E-state index in [1.54, 1.807) is 0 Å². The second-order valence-corrected chi connectivity index (χ2v) is 7.31. The fourth-order valence-corrected chi connectivity index (χ4v) is 3.00. The summed E-state index contributed by atoms with van der Waals surface area (Å²) in [4.78, 5) is 20.8. The Hall–Kier alpha value is -0.610. The van der Waals surface area contributed by atoms with Gasteiger partial charge < -0.3 is 20.3 Å². The second kappa shape index (κ2) is 8.66. The van der Waals surface area contributed by atoms with Gasteiger partial charge >= 0.3 is 0 Å². The first kappa shape index (κ1) is 19.7. The van der Waals surface area contributed by atoms with Crippen LogP contribution >= 0.6 is 24.0 Å². The number of amides is 1. The number of carbonyl (C=O) groups is 1. The Balaban J connectivity index is 0.00000208. The molecule has 1 amide bonds. The molecule has 138 valence electrons. The number of rotatable bonds is 5. The van der Waals surface area contributed by atoms with Gasteiger partial charge in [0.2, 0.25) is 5.91 Å². The highest BCUT2D eigenvalue weighted by Gasteiger charge is 2.34. The van der Waals surface area contributed by atoms with E-state index in [0.717, 1.165) is 64.7 Å². The van der Waals surface area contributed by atoms with E-state index < -0.39 is 0 Å². The standard InChI is InChI=1S/C16H29N5O2.HI/c1-16(11-23-12-16)10-18-15(17-2)21-7-5-20(6-8-21)9-14(22)19-13-3-4-13;/h13H,3-12H2,1-2H3,(H,17,18)(H,19,22);1H. The number of ether oxygens (including phenoxy) is 1. The van der Waals surface area contributed by atoms with E-state index in [2.05, 4.69) is 32.3 Å². The molecule has 0 atom stereocenters. The van der Waals surface area contributed by atoms with Crippen LogP contribution in [0.2, 0.25) is 0 Å². The number of aliphatic imine (C=N–C) groups is 1. The third-order valence-electron chi connectivity index (χ3n) is 4.77. The van der Waals surface area contributed by atoms with Crippen LogP contribution in [0.1, 0.15) is 19.8 Å². The minimum atomic E-state index is 0. The molecule has 0 bridgehead atoms. The average molecular weight is 451 g/mol. The van der Waals surface area contributed by atoms with Crippen molar-refractivity contribution in [1.29, 1.82) is 0 Å². The normalized spacial score (nSPS) is 23.9. The zero-order valence-electron chi connectivity index (χ0n) is 14.7.